The zero-order chi connectivity index (χ0) is 13.8. The molecular weight excluding hydrogens is 238 g/mol. The van der Waals surface area contributed by atoms with Crippen LogP contribution in [0.4, 0.5) is 0 Å². The molecule has 19 heavy (non-hydrogen) atoms. The first kappa shape index (κ1) is 14.1. The quantitative estimate of drug-likeness (QED) is 0.904. The summed E-state index contributed by atoms with van der Waals surface area (Å²) in [7, 11) is 0. The number of carbonyl (C=O) groups excluding carboxylic acids is 1. The standard InChI is InChI=1S/C16H23NO2/c1-12(14-6-4-3-5-7-14)10-16(19)17-9-8-15(11-17)13(2)18/h3-7,12-13,15,18H,8-11H2,1-2H3. The Labute approximate surface area is 115 Å². The first-order chi connectivity index (χ1) is 9.08. The highest BCUT2D eigenvalue weighted by Crippen LogP contribution is 2.24. The largest absolute Gasteiger partial charge is 0.393 e. The Kier molecular flexibility index (Phi) is 4.59. The van der Waals surface area contributed by atoms with Gasteiger partial charge in [-0.25, -0.2) is 0 Å². The van der Waals surface area contributed by atoms with Crippen molar-refractivity contribution in [3.63, 3.8) is 0 Å². The van der Waals surface area contributed by atoms with Gasteiger partial charge in [0.05, 0.1) is 6.10 Å². The van der Waals surface area contributed by atoms with E-state index in [1.54, 1.807) is 0 Å². The summed E-state index contributed by atoms with van der Waals surface area (Å²) in [6, 6.07) is 10.2. The van der Waals surface area contributed by atoms with Gasteiger partial charge in [-0.3, -0.25) is 4.79 Å². The normalized spacial score (nSPS) is 22.3. The molecular formula is C16H23NO2. The minimum absolute atomic E-state index is 0.208. The Balaban J connectivity index is 1.88. The molecule has 1 aromatic carbocycles. The summed E-state index contributed by atoms with van der Waals surface area (Å²) in [5.74, 6) is 0.704. The van der Waals surface area contributed by atoms with Gasteiger partial charge in [0.15, 0.2) is 0 Å². The molecule has 1 N–H and O–H groups in total. The van der Waals surface area contributed by atoms with Gasteiger partial charge in [0.1, 0.15) is 0 Å². The maximum absolute atomic E-state index is 12.2. The van der Waals surface area contributed by atoms with Crippen molar-refractivity contribution in [3.8, 4) is 0 Å². The highest BCUT2D eigenvalue weighted by molar-refractivity contribution is 5.77. The van der Waals surface area contributed by atoms with Crippen molar-refractivity contribution in [2.45, 2.75) is 38.7 Å². The van der Waals surface area contributed by atoms with E-state index in [1.165, 1.54) is 5.56 Å². The van der Waals surface area contributed by atoms with Crippen LogP contribution in [0.3, 0.4) is 0 Å². The predicted molar refractivity (Wildman–Crippen MR) is 75.8 cm³/mol. The van der Waals surface area contributed by atoms with Gasteiger partial charge in [0.25, 0.3) is 0 Å². The van der Waals surface area contributed by atoms with E-state index in [0.717, 1.165) is 13.0 Å². The van der Waals surface area contributed by atoms with Crippen LogP contribution in [0, 0.1) is 5.92 Å². The average molecular weight is 261 g/mol. The molecule has 0 spiro atoms. The van der Waals surface area contributed by atoms with Gasteiger partial charge in [-0.05, 0) is 24.8 Å². The van der Waals surface area contributed by atoms with Gasteiger partial charge in [-0.15, -0.1) is 0 Å². The second-order valence-corrected chi connectivity index (χ2v) is 5.64. The van der Waals surface area contributed by atoms with Crippen LogP contribution in [0.25, 0.3) is 0 Å². The SMILES string of the molecule is CC(CC(=O)N1CCC(C(C)O)C1)c1ccccc1. The number of hydrogen-bond acceptors (Lipinski definition) is 2. The van der Waals surface area contributed by atoms with E-state index in [0.29, 0.717) is 13.0 Å². The molecule has 1 heterocycles. The van der Waals surface area contributed by atoms with E-state index in [2.05, 4.69) is 19.1 Å². The number of rotatable bonds is 4. The van der Waals surface area contributed by atoms with E-state index in [9.17, 15) is 9.90 Å². The molecule has 0 bridgehead atoms. The lowest BCUT2D eigenvalue weighted by molar-refractivity contribution is -0.130. The van der Waals surface area contributed by atoms with E-state index >= 15 is 0 Å². The number of amides is 1. The summed E-state index contributed by atoms with van der Waals surface area (Å²) in [5, 5.41) is 9.57. The second-order valence-electron chi connectivity index (χ2n) is 5.64. The number of aliphatic hydroxyl groups excluding tert-OH is 1. The third kappa shape index (κ3) is 3.57. The van der Waals surface area contributed by atoms with E-state index < -0.39 is 0 Å². The topological polar surface area (TPSA) is 40.5 Å². The van der Waals surface area contributed by atoms with Gasteiger partial charge in [0.2, 0.25) is 5.91 Å². The third-order valence-corrected chi connectivity index (χ3v) is 4.11. The van der Waals surface area contributed by atoms with Crippen LogP contribution in [0.2, 0.25) is 0 Å². The molecule has 1 aliphatic heterocycles. The molecule has 0 saturated carbocycles. The summed E-state index contributed by atoms with van der Waals surface area (Å²) < 4.78 is 0. The lowest BCUT2D eigenvalue weighted by Gasteiger charge is -2.20. The van der Waals surface area contributed by atoms with Crippen molar-refractivity contribution in [2.75, 3.05) is 13.1 Å². The summed E-state index contributed by atoms with van der Waals surface area (Å²) in [4.78, 5) is 14.1. The van der Waals surface area contributed by atoms with Crippen molar-refractivity contribution in [2.24, 2.45) is 5.92 Å². The van der Waals surface area contributed by atoms with Crippen LogP contribution in [0.15, 0.2) is 30.3 Å². The van der Waals surface area contributed by atoms with Crippen LogP contribution >= 0.6 is 0 Å². The van der Waals surface area contributed by atoms with E-state index in [1.807, 2.05) is 30.0 Å². The van der Waals surface area contributed by atoms with Gasteiger partial charge in [0, 0.05) is 25.4 Å². The van der Waals surface area contributed by atoms with E-state index in [-0.39, 0.29) is 23.8 Å². The molecule has 1 amide bonds. The van der Waals surface area contributed by atoms with Crippen molar-refractivity contribution in [1.29, 1.82) is 0 Å². The lowest BCUT2D eigenvalue weighted by Crippen LogP contribution is -2.31. The molecule has 1 aliphatic rings. The van der Waals surface area contributed by atoms with Gasteiger partial charge in [-0.1, -0.05) is 37.3 Å². The number of benzene rings is 1. The molecule has 3 atom stereocenters. The van der Waals surface area contributed by atoms with Crippen molar-refractivity contribution in [3.05, 3.63) is 35.9 Å². The van der Waals surface area contributed by atoms with Crippen LogP contribution in [-0.2, 0) is 4.79 Å². The lowest BCUT2D eigenvalue weighted by atomic mass is 9.97. The van der Waals surface area contributed by atoms with Crippen molar-refractivity contribution >= 4 is 5.91 Å². The van der Waals surface area contributed by atoms with Crippen molar-refractivity contribution in [1.82, 2.24) is 4.90 Å². The highest BCUT2D eigenvalue weighted by Gasteiger charge is 2.29. The Morgan fingerprint density at radius 1 is 1.37 bits per heavy atom. The summed E-state index contributed by atoms with van der Waals surface area (Å²) in [5.41, 5.74) is 1.21. The maximum Gasteiger partial charge on any atom is 0.223 e. The molecule has 3 heteroatoms. The van der Waals surface area contributed by atoms with Crippen LogP contribution in [0.1, 0.15) is 38.2 Å². The molecule has 104 valence electrons. The summed E-state index contributed by atoms with van der Waals surface area (Å²) >= 11 is 0. The number of hydrogen-bond donors (Lipinski definition) is 1. The predicted octanol–water partition coefficient (Wildman–Crippen LogP) is 2.41. The van der Waals surface area contributed by atoms with E-state index in [4.69, 9.17) is 0 Å². The number of nitrogens with zero attached hydrogens (tertiary/aromatic N) is 1. The molecule has 3 unspecified atom stereocenters. The third-order valence-electron chi connectivity index (χ3n) is 4.11. The van der Waals surface area contributed by atoms with Gasteiger partial charge in [-0.2, -0.15) is 0 Å². The molecule has 3 nitrogen and oxygen atoms in total. The van der Waals surface area contributed by atoms with Crippen LogP contribution in [-0.4, -0.2) is 35.1 Å². The number of aliphatic hydroxyl groups is 1. The monoisotopic (exact) mass is 261 g/mol. The first-order valence-corrected chi connectivity index (χ1v) is 7.08. The number of likely N-dealkylation sites (tertiary alicyclic amines) is 1. The smallest absolute Gasteiger partial charge is 0.223 e. The Hall–Kier alpha value is -1.35. The second kappa shape index (κ2) is 6.20. The fraction of sp³-hybridized carbons (Fsp3) is 0.562. The molecule has 2 rings (SSSR count). The molecule has 0 aromatic heterocycles. The molecule has 0 radical (unpaired) electrons. The zero-order valence-corrected chi connectivity index (χ0v) is 11.7. The minimum atomic E-state index is -0.315. The van der Waals surface area contributed by atoms with Crippen LogP contribution < -0.4 is 0 Å². The van der Waals surface area contributed by atoms with Crippen LogP contribution in [0.5, 0.6) is 0 Å². The fourth-order valence-corrected chi connectivity index (χ4v) is 2.70. The van der Waals surface area contributed by atoms with Gasteiger partial charge < -0.3 is 10.0 Å². The summed E-state index contributed by atoms with van der Waals surface area (Å²) in [6.45, 7) is 5.40. The Morgan fingerprint density at radius 2 is 2.05 bits per heavy atom. The molecule has 1 aromatic rings. The molecule has 1 fully saturated rings. The fourth-order valence-electron chi connectivity index (χ4n) is 2.70. The minimum Gasteiger partial charge on any atom is -0.393 e. The maximum atomic E-state index is 12.2. The first-order valence-electron chi connectivity index (χ1n) is 7.08. The Bertz CT molecular complexity index is 416. The zero-order valence-electron chi connectivity index (χ0n) is 11.7. The highest BCUT2D eigenvalue weighted by atomic mass is 16.3. The molecule has 0 aliphatic carbocycles. The summed E-state index contributed by atoms with van der Waals surface area (Å²) in [6.07, 6.45) is 1.16. The number of carbonyl (C=O) groups is 1. The molecule has 1 saturated heterocycles. The van der Waals surface area contributed by atoms with Crippen molar-refractivity contribution < 1.29 is 9.90 Å². The Morgan fingerprint density at radius 3 is 2.63 bits per heavy atom. The average Bonchev–Trinajstić information content (AvgIpc) is 2.89. The van der Waals surface area contributed by atoms with Gasteiger partial charge >= 0.3 is 0 Å².